The van der Waals surface area contributed by atoms with Gasteiger partial charge in [0.1, 0.15) is 0 Å². The van der Waals surface area contributed by atoms with Crippen LogP contribution in [0, 0.1) is 5.41 Å². The molecule has 2 heteroatoms. The van der Waals surface area contributed by atoms with Gasteiger partial charge < -0.3 is 0 Å². The molecule has 0 aliphatic heterocycles. The zero-order chi connectivity index (χ0) is 5.71. The summed E-state index contributed by atoms with van der Waals surface area (Å²) in [7, 11) is 0. The minimum atomic E-state index is -2.35. The predicted octanol–water partition coefficient (Wildman–Crippen LogP) is 2.05. The van der Waals surface area contributed by atoms with Crippen LogP contribution in [0.1, 0.15) is 20.3 Å². The predicted molar refractivity (Wildman–Crippen MR) is 23.3 cm³/mol. The molecule has 0 heterocycles. The minimum absolute atomic E-state index is 0.0694. The summed E-state index contributed by atoms with van der Waals surface area (Å²) in [5, 5.41) is 0. The van der Waals surface area contributed by atoms with Crippen molar-refractivity contribution >= 4 is 0 Å². The third-order valence-electron chi connectivity index (χ3n) is 1.53. The van der Waals surface area contributed by atoms with E-state index in [1.807, 2.05) is 0 Å². The number of halogens is 2. The number of hydrogen-bond acceptors (Lipinski definition) is 0. The van der Waals surface area contributed by atoms with Gasteiger partial charge >= 0.3 is 0 Å². The van der Waals surface area contributed by atoms with Gasteiger partial charge in [0.2, 0.25) is 0 Å². The summed E-state index contributed by atoms with van der Waals surface area (Å²) < 4.78 is 23.8. The lowest BCUT2D eigenvalue weighted by atomic mass is 10.2. The van der Waals surface area contributed by atoms with Crippen LogP contribution >= 0.6 is 0 Å². The van der Waals surface area contributed by atoms with Crippen molar-refractivity contribution in [3.05, 3.63) is 0 Å². The second kappa shape index (κ2) is 0.837. The van der Waals surface area contributed by atoms with E-state index in [0.717, 1.165) is 0 Å². The first-order chi connectivity index (χ1) is 2.96. The van der Waals surface area contributed by atoms with Crippen molar-refractivity contribution in [3.63, 3.8) is 0 Å². The molecule has 0 unspecified atom stereocenters. The zero-order valence-electron chi connectivity index (χ0n) is 4.46. The highest BCUT2D eigenvalue weighted by molar-refractivity contribution is 5.03. The molecule has 0 aromatic heterocycles. The maximum absolute atomic E-state index is 11.9. The fourth-order valence-electron chi connectivity index (χ4n) is 0.511. The molecule has 0 bridgehead atoms. The van der Waals surface area contributed by atoms with Crippen molar-refractivity contribution < 1.29 is 8.78 Å². The summed E-state index contributed by atoms with van der Waals surface area (Å²) in [5.74, 6) is -2.35. The second-order valence-electron chi connectivity index (χ2n) is 2.77. The maximum atomic E-state index is 11.9. The Kier molecular flexibility index (Phi) is 0.598. The van der Waals surface area contributed by atoms with Gasteiger partial charge in [-0.2, -0.15) is 0 Å². The quantitative estimate of drug-likeness (QED) is 0.443. The van der Waals surface area contributed by atoms with Gasteiger partial charge in [-0.3, -0.25) is 0 Å². The van der Waals surface area contributed by atoms with Gasteiger partial charge in [-0.15, -0.1) is 0 Å². The van der Waals surface area contributed by atoms with Gasteiger partial charge in [-0.25, -0.2) is 8.78 Å². The van der Waals surface area contributed by atoms with Crippen LogP contribution in [0.4, 0.5) is 8.78 Å². The number of hydrogen-bond donors (Lipinski definition) is 0. The average molecular weight is 106 g/mol. The summed E-state index contributed by atoms with van der Waals surface area (Å²) in [6, 6.07) is 0. The van der Waals surface area contributed by atoms with E-state index >= 15 is 0 Å². The van der Waals surface area contributed by atoms with Crippen LogP contribution in [0.3, 0.4) is 0 Å². The molecule has 0 spiro atoms. The summed E-state index contributed by atoms with van der Waals surface area (Å²) in [6.07, 6.45) is 0.0694. The van der Waals surface area contributed by atoms with Crippen LogP contribution in [0.15, 0.2) is 0 Å². The number of rotatable bonds is 0. The Balaban J connectivity index is 2.59. The molecular formula is C5H8F2. The van der Waals surface area contributed by atoms with E-state index in [1.165, 1.54) is 0 Å². The van der Waals surface area contributed by atoms with Crippen molar-refractivity contribution in [3.8, 4) is 0 Å². The van der Waals surface area contributed by atoms with E-state index in [0.29, 0.717) is 0 Å². The molecule has 0 aromatic rings. The Labute approximate surface area is 41.5 Å². The molecule has 42 valence electrons. The fraction of sp³-hybridized carbons (Fsp3) is 1.00. The summed E-state index contributed by atoms with van der Waals surface area (Å²) in [4.78, 5) is 0. The molecule has 1 aliphatic rings. The topological polar surface area (TPSA) is 0 Å². The van der Waals surface area contributed by atoms with Crippen LogP contribution in [-0.4, -0.2) is 5.92 Å². The molecular weight excluding hydrogens is 98.1 g/mol. The third kappa shape index (κ3) is 0.528. The molecule has 0 nitrogen and oxygen atoms in total. The van der Waals surface area contributed by atoms with Crippen LogP contribution < -0.4 is 0 Å². The Morgan fingerprint density at radius 3 is 1.43 bits per heavy atom. The molecule has 0 N–H and O–H groups in total. The molecule has 0 amide bonds. The van der Waals surface area contributed by atoms with Gasteiger partial charge in [0, 0.05) is 11.8 Å². The highest BCUT2D eigenvalue weighted by Gasteiger charge is 2.64. The molecule has 7 heavy (non-hydrogen) atoms. The average Bonchev–Trinajstić information content (AvgIpc) is 1.63. The van der Waals surface area contributed by atoms with Crippen molar-refractivity contribution in [2.45, 2.75) is 26.2 Å². The van der Waals surface area contributed by atoms with Crippen molar-refractivity contribution in [2.24, 2.45) is 5.41 Å². The fourth-order valence-corrected chi connectivity index (χ4v) is 0.511. The van der Waals surface area contributed by atoms with Gasteiger partial charge in [0.25, 0.3) is 5.92 Å². The third-order valence-corrected chi connectivity index (χ3v) is 1.53. The molecule has 1 aliphatic carbocycles. The van der Waals surface area contributed by atoms with Gasteiger partial charge in [0.05, 0.1) is 0 Å². The largest absolute Gasteiger partial charge is 0.254 e. The van der Waals surface area contributed by atoms with E-state index in [-0.39, 0.29) is 6.42 Å². The number of alkyl halides is 2. The molecule has 1 saturated carbocycles. The summed E-state index contributed by atoms with van der Waals surface area (Å²) in [5.41, 5.74) is -0.688. The molecule has 1 fully saturated rings. The maximum Gasteiger partial charge on any atom is 0.254 e. The van der Waals surface area contributed by atoms with E-state index in [2.05, 4.69) is 0 Å². The normalized spacial score (nSPS) is 32.6. The lowest BCUT2D eigenvalue weighted by Gasteiger charge is -1.96. The minimum Gasteiger partial charge on any atom is -0.206 e. The van der Waals surface area contributed by atoms with E-state index < -0.39 is 11.3 Å². The Morgan fingerprint density at radius 1 is 1.29 bits per heavy atom. The molecule has 1 rings (SSSR count). The zero-order valence-corrected chi connectivity index (χ0v) is 4.46. The Hall–Kier alpha value is -0.140. The SMILES string of the molecule is CC1(C)CC1(F)F. The lowest BCUT2D eigenvalue weighted by Crippen LogP contribution is -1.99. The molecule has 0 aromatic carbocycles. The van der Waals surface area contributed by atoms with E-state index in [4.69, 9.17) is 0 Å². The van der Waals surface area contributed by atoms with E-state index in [1.54, 1.807) is 13.8 Å². The Morgan fingerprint density at radius 2 is 1.43 bits per heavy atom. The smallest absolute Gasteiger partial charge is 0.206 e. The first-order valence-corrected chi connectivity index (χ1v) is 2.34. The van der Waals surface area contributed by atoms with E-state index in [9.17, 15) is 8.78 Å². The molecule has 0 saturated heterocycles. The lowest BCUT2D eigenvalue weighted by molar-refractivity contribution is 0.0761. The standard InChI is InChI=1S/C5H8F2/c1-4(2)3-5(4,6)7/h3H2,1-2H3. The van der Waals surface area contributed by atoms with Crippen molar-refractivity contribution in [2.75, 3.05) is 0 Å². The monoisotopic (exact) mass is 106 g/mol. The summed E-state index contributed by atoms with van der Waals surface area (Å²) >= 11 is 0. The second-order valence-corrected chi connectivity index (χ2v) is 2.77. The van der Waals surface area contributed by atoms with Crippen molar-refractivity contribution in [1.82, 2.24) is 0 Å². The van der Waals surface area contributed by atoms with Crippen LogP contribution in [0.25, 0.3) is 0 Å². The first kappa shape index (κ1) is 5.01. The van der Waals surface area contributed by atoms with Gasteiger partial charge in [0.15, 0.2) is 0 Å². The molecule has 0 radical (unpaired) electrons. The van der Waals surface area contributed by atoms with Crippen LogP contribution in [0.5, 0.6) is 0 Å². The first-order valence-electron chi connectivity index (χ1n) is 2.34. The summed E-state index contributed by atoms with van der Waals surface area (Å²) in [6.45, 7) is 3.15. The highest BCUT2D eigenvalue weighted by atomic mass is 19.3. The molecule has 0 atom stereocenters. The van der Waals surface area contributed by atoms with Gasteiger partial charge in [-0.1, -0.05) is 13.8 Å². The highest BCUT2D eigenvalue weighted by Crippen LogP contribution is 2.59. The van der Waals surface area contributed by atoms with Crippen molar-refractivity contribution in [1.29, 1.82) is 0 Å². The van der Waals surface area contributed by atoms with Gasteiger partial charge in [-0.05, 0) is 0 Å². The van der Waals surface area contributed by atoms with Crippen LogP contribution in [0.2, 0.25) is 0 Å². The van der Waals surface area contributed by atoms with Crippen LogP contribution in [-0.2, 0) is 0 Å². The Bertz CT molecular complexity index is 82.3.